The number of nitrogens with one attached hydrogen (secondary N) is 2. The van der Waals surface area contributed by atoms with Gasteiger partial charge in [-0.25, -0.2) is 9.18 Å². The van der Waals surface area contributed by atoms with Crippen LogP contribution in [0, 0.1) is 5.82 Å². The molecule has 1 saturated heterocycles. The molecule has 2 amide bonds. The average Bonchev–Trinajstić information content (AvgIpc) is 3.17. The number of fused-ring (bicyclic) bond motifs is 1. The average molecular weight is 433 g/mol. The van der Waals surface area contributed by atoms with Crippen molar-refractivity contribution < 1.29 is 9.18 Å². The van der Waals surface area contributed by atoms with E-state index in [1.54, 1.807) is 23.5 Å². The molecule has 1 aliphatic heterocycles. The third-order valence-electron chi connectivity index (χ3n) is 6.36. The predicted molar refractivity (Wildman–Crippen MR) is 123 cm³/mol. The molecular formula is C23H33FN4OS. The van der Waals surface area contributed by atoms with Crippen molar-refractivity contribution >= 4 is 33.1 Å². The van der Waals surface area contributed by atoms with Gasteiger partial charge < -0.3 is 15.5 Å². The number of nitrogens with zero attached hydrogens (tertiary/aromatic N) is 2. The zero-order chi connectivity index (χ0) is 20.8. The molecule has 2 N–H and O–H groups in total. The quantitative estimate of drug-likeness (QED) is 0.630. The number of hydrogen-bond acceptors (Lipinski definition) is 4. The Morgan fingerprint density at radius 3 is 2.70 bits per heavy atom. The summed E-state index contributed by atoms with van der Waals surface area (Å²) in [5.74, 6) is -0.165. The highest BCUT2D eigenvalue weighted by Gasteiger charge is 2.19. The van der Waals surface area contributed by atoms with Crippen LogP contribution in [0.4, 0.5) is 14.9 Å². The third kappa shape index (κ3) is 5.64. The highest BCUT2D eigenvalue weighted by atomic mass is 32.1. The molecule has 1 aromatic heterocycles. The Labute approximate surface area is 182 Å². The fourth-order valence-electron chi connectivity index (χ4n) is 4.59. The molecule has 2 aromatic rings. The van der Waals surface area contributed by atoms with Gasteiger partial charge in [0.05, 0.1) is 5.69 Å². The maximum atomic E-state index is 13.4. The Balaban J connectivity index is 1.11. The number of carbonyl (C=O) groups excluding carboxylic acids is 1. The van der Waals surface area contributed by atoms with Crippen molar-refractivity contribution in [1.29, 1.82) is 0 Å². The van der Waals surface area contributed by atoms with Crippen LogP contribution in [0.25, 0.3) is 10.1 Å². The summed E-state index contributed by atoms with van der Waals surface area (Å²) in [6.45, 7) is 5.93. The molecule has 1 saturated carbocycles. The van der Waals surface area contributed by atoms with Gasteiger partial charge in [-0.1, -0.05) is 19.3 Å². The summed E-state index contributed by atoms with van der Waals surface area (Å²) in [6, 6.07) is 5.45. The molecule has 2 heterocycles. The Hall–Kier alpha value is -1.86. The van der Waals surface area contributed by atoms with E-state index in [1.165, 1.54) is 24.9 Å². The first-order valence-corrected chi connectivity index (χ1v) is 12.3. The minimum atomic E-state index is -0.165. The molecule has 0 bridgehead atoms. The first-order valence-electron chi connectivity index (χ1n) is 11.4. The number of urea groups is 1. The van der Waals surface area contributed by atoms with Crippen molar-refractivity contribution in [2.45, 2.75) is 51.0 Å². The number of unbranched alkanes of at least 4 members (excludes halogenated alkanes) is 1. The fourth-order valence-corrected chi connectivity index (χ4v) is 5.59. The summed E-state index contributed by atoms with van der Waals surface area (Å²) in [7, 11) is 0. The van der Waals surface area contributed by atoms with Crippen molar-refractivity contribution in [2.75, 3.05) is 44.2 Å². The molecule has 0 unspecified atom stereocenters. The van der Waals surface area contributed by atoms with Crippen molar-refractivity contribution in [3.63, 3.8) is 0 Å². The molecule has 1 aromatic carbocycles. The molecule has 0 radical (unpaired) electrons. The predicted octanol–water partition coefficient (Wildman–Crippen LogP) is 4.57. The van der Waals surface area contributed by atoms with Crippen LogP contribution < -0.4 is 15.5 Å². The van der Waals surface area contributed by atoms with E-state index in [2.05, 4.69) is 25.8 Å². The van der Waals surface area contributed by atoms with Crippen LogP contribution in [-0.4, -0.2) is 56.2 Å². The fraction of sp³-hybridized carbons (Fsp3) is 0.609. The number of halogens is 1. The van der Waals surface area contributed by atoms with E-state index in [9.17, 15) is 9.18 Å². The largest absolute Gasteiger partial charge is 0.368 e. The number of anilines is 1. The van der Waals surface area contributed by atoms with E-state index in [0.717, 1.165) is 75.0 Å². The van der Waals surface area contributed by atoms with Gasteiger partial charge in [-0.15, -0.1) is 11.3 Å². The number of thiophene rings is 1. The zero-order valence-corrected chi connectivity index (χ0v) is 18.5. The van der Waals surface area contributed by atoms with E-state index in [4.69, 9.17) is 0 Å². The van der Waals surface area contributed by atoms with Crippen molar-refractivity contribution in [3.8, 4) is 0 Å². The second kappa shape index (κ2) is 10.4. The molecule has 7 heteroatoms. The lowest BCUT2D eigenvalue weighted by Gasteiger charge is -2.35. The first kappa shape index (κ1) is 21.4. The Kier molecular flexibility index (Phi) is 7.44. The van der Waals surface area contributed by atoms with Crippen LogP contribution in [0.2, 0.25) is 0 Å². The van der Waals surface area contributed by atoms with E-state index in [0.29, 0.717) is 6.04 Å². The normalized spacial score (nSPS) is 18.6. The van der Waals surface area contributed by atoms with Gasteiger partial charge in [0.15, 0.2) is 0 Å². The SMILES string of the molecule is O=C(NCCCCN1CCN(c2csc3cc(F)ccc23)CC1)NC1CCCCC1. The van der Waals surface area contributed by atoms with Gasteiger partial charge in [-0.2, -0.15) is 0 Å². The number of benzene rings is 1. The zero-order valence-electron chi connectivity index (χ0n) is 17.7. The molecule has 2 fully saturated rings. The monoisotopic (exact) mass is 432 g/mol. The van der Waals surface area contributed by atoms with Gasteiger partial charge in [0.1, 0.15) is 5.82 Å². The Morgan fingerprint density at radius 2 is 1.90 bits per heavy atom. The van der Waals surface area contributed by atoms with E-state index < -0.39 is 0 Å². The van der Waals surface area contributed by atoms with Gasteiger partial charge in [-0.3, -0.25) is 4.90 Å². The molecule has 164 valence electrons. The van der Waals surface area contributed by atoms with Gasteiger partial charge in [0, 0.05) is 54.2 Å². The van der Waals surface area contributed by atoms with Crippen LogP contribution in [0.5, 0.6) is 0 Å². The van der Waals surface area contributed by atoms with Crippen LogP contribution in [-0.2, 0) is 0 Å². The second-order valence-electron chi connectivity index (χ2n) is 8.53. The summed E-state index contributed by atoms with van der Waals surface area (Å²) < 4.78 is 14.4. The maximum absolute atomic E-state index is 13.4. The lowest BCUT2D eigenvalue weighted by atomic mass is 9.96. The second-order valence-corrected chi connectivity index (χ2v) is 9.44. The molecule has 5 nitrogen and oxygen atoms in total. The number of rotatable bonds is 7. The summed E-state index contributed by atoms with van der Waals surface area (Å²) in [4.78, 5) is 16.9. The van der Waals surface area contributed by atoms with Gasteiger partial charge in [0.2, 0.25) is 0 Å². The van der Waals surface area contributed by atoms with Crippen molar-refractivity contribution in [1.82, 2.24) is 15.5 Å². The summed E-state index contributed by atoms with van der Waals surface area (Å²) in [5, 5.41) is 9.44. The highest BCUT2D eigenvalue weighted by Crippen LogP contribution is 2.34. The smallest absolute Gasteiger partial charge is 0.315 e. The number of piperazine rings is 1. The topological polar surface area (TPSA) is 47.6 Å². The van der Waals surface area contributed by atoms with Crippen molar-refractivity contribution in [2.24, 2.45) is 0 Å². The van der Waals surface area contributed by atoms with Gasteiger partial charge >= 0.3 is 6.03 Å². The number of amides is 2. The maximum Gasteiger partial charge on any atom is 0.315 e. The molecule has 0 spiro atoms. The molecular weight excluding hydrogens is 399 g/mol. The van der Waals surface area contributed by atoms with E-state index in [1.807, 2.05) is 6.07 Å². The van der Waals surface area contributed by atoms with E-state index >= 15 is 0 Å². The van der Waals surface area contributed by atoms with Crippen molar-refractivity contribution in [3.05, 3.63) is 29.4 Å². The van der Waals surface area contributed by atoms with Crippen LogP contribution in [0.15, 0.2) is 23.6 Å². The third-order valence-corrected chi connectivity index (χ3v) is 7.29. The number of hydrogen-bond donors (Lipinski definition) is 2. The highest BCUT2D eigenvalue weighted by molar-refractivity contribution is 7.17. The van der Waals surface area contributed by atoms with Crippen LogP contribution in [0.3, 0.4) is 0 Å². The minimum absolute atomic E-state index is 0.00150. The number of carbonyl (C=O) groups is 1. The summed E-state index contributed by atoms with van der Waals surface area (Å²) in [5.41, 5.74) is 1.24. The molecule has 2 aliphatic rings. The molecule has 0 atom stereocenters. The minimum Gasteiger partial charge on any atom is -0.368 e. The lowest BCUT2D eigenvalue weighted by molar-refractivity contribution is 0.231. The van der Waals surface area contributed by atoms with E-state index in [-0.39, 0.29) is 11.8 Å². The standard InChI is InChI=1S/C23H33FN4OS/c24-18-8-9-20-21(17-30-22(20)16-18)28-14-12-27(13-15-28)11-5-4-10-25-23(29)26-19-6-2-1-3-7-19/h8-9,16-17,19H,1-7,10-15H2,(H2,25,26,29). The Morgan fingerprint density at radius 1 is 1.10 bits per heavy atom. The first-order chi connectivity index (χ1) is 14.7. The summed E-state index contributed by atoms with van der Waals surface area (Å²) >= 11 is 1.62. The molecule has 4 rings (SSSR count). The van der Waals surface area contributed by atoms with Gasteiger partial charge in [0.25, 0.3) is 0 Å². The van der Waals surface area contributed by atoms with Crippen LogP contribution in [0.1, 0.15) is 44.9 Å². The molecule has 1 aliphatic carbocycles. The van der Waals surface area contributed by atoms with Crippen LogP contribution >= 0.6 is 11.3 Å². The summed E-state index contributed by atoms with van der Waals surface area (Å²) in [6.07, 6.45) is 8.13. The lowest BCUT2D eigenvalue weighted by Crippen LogP contribution is -2.46. The van der Waals surface area contributed by atoms with Gasteiger partial charge in [-0.05, 0) is 50.4 Å². The molecule has 30 heavy (non-hydrogen) atoms. The Bertz CT molecular complexity index is 828.